The maximum atomic E-state index is 10.3. The van der Waals surface area contributed by atoms with Crippen LogP contribution in [0.15, 0.2) is 60.7 Å². The first kappa shape index (κ1) is 21.6. The van der Waals surface area contributed by atoms with Crippen molar-refractivity contribution in [1.29, 1.82) is 0 Å². The molecular weight excluding hydrogens is 386 g/mol. The predicted octanol–water partition coefficient (Wildman–Crippen LogP) is 4.53. The number of nitrogens with zero attached hydrogens (tertiary/aromatic N) is 3. The number of aromatic nitrogens is 2. The molecule has 5 heteroatoms. The Kier molecular flexibility index (Phi) is 6.73. The van der Waals surface area contributed by atoms with E-state index in [2.05, 4.69) is 47.3 Å². The number of para-hydroxylation sites is 1. The third kappa shape index (κ3) is 5.35. The predicted molar refractivity (Wildman–Crippen MR) is 124 cm³/mol. The Morgan fingerprint density at radius 1 is 1.06 bits per heavy atom. The Labute approximate surface area is 185 Å². The van der Waals surface area contributed by atoms with Crippen molar-refractivity contribution in [2.75, 3.05) is 26.3 Å². The van der Waals surface area contributed by atoms with Crippen molar-refractivity contribution in [3.8, 4) is 11.4 Å². The first-order valence-electron chi connectivity index (χ1n) is 11.2. The van der Waals surface area contributed by atoms with Crippen molar-refractivity contribution in [2.45, 2.75) is 39.7 Å². The van der Waals surface area contributed by atoms with Crippen LogP contribution in [0.1, 0.15) is 36.2 Å². The van der Waals surface area contributed by atoms with Gasteiger partial charge in [-0.15, -0.1) is 0 Å². The highest BCUT2D eigenvalue weighted by molar-refractivity contribution is 5.37. The van der Waals surface area contributed by atoms with Gasteiger partial charge < -0.3 is 9.84 Å². The number of aliphatic hydroxyl groups is 1. The molecule has 1 aliphatic rings. The molecule has 31 heavy (non-hydrogen) atoms. The van der Waals surface area contributed by atoms with Gasteiger partial charge in [-0.3, -0.25) is 4.90 Å². The van der Waals surface area contributed by atoms with E-state index in [0.29, 0.717) is 6.61 Å². The van der Waals surface area contributed by atoms with Gasteiger partial charge in [-0.05, 0) is 75.5 Å². The van der Waals surface area contributed by atoms with Crippen LogP contribution in [-0.2, 0) is 6.54 Å². The van der Waals surface area contributed by atoms with Gasteiger partial charge in [-0.2, -0.15) is 5.10 Å². The van der Waals surface area contributed by atoms with Crippen molar-refractivity contribution in [1.82, 2.24) is 14.7 Å². The average Bonchev–Trinajstić information content (AvgIpc) is 3.13. The molecule has 2 heterocycles. The molecule has 1 saturated heterocycles. The summed E-state index contributed by atoms with van der Waals surface area (Å²) in [5, 5.41) is 14.9. The van der Waals surface area contributed by atoms with Crippen LogP contribution < -0.4 is 4.74 Å². The number of aryl methyl sites for hydroxylation is 2. The number of hydrogen-bond acceptors (Lipinski definition) is 4. The number of ether oxygens (including phenoxy) is 1. The maximum absolute atomic E-state index is 10.3. The zero-order valence-corrected chi connectivity index (χ0v) is 18.6. The molecule has 0 aliphatic carbocycles. The third-order valence-corrected chi connectivity index (χ3v) is 6.29. The molecule has 1 unspecified atom stereocenters. The van der Waals surface area contributed by atoms with Crippen LogP contribution in [0.4, 0.5) is 0 Å². The maximum Gasteiger partial charge on any atom is 0.119 e. The first-order chi connectivity index (χ1) is 15.1. The van der Waals surface area contributed by atoms with Gasteiger partial charge in [0.1, 0.15) is 5.75 Å². The number of benzene rings is 2. The molecule has 1 atom stereocenters. The summed E-state index contributed by atoms with van der Waals surface area (Å²) >= 11 is 0. The first-order valence-corrected chi connectivity index (χ1v) is 11.2. The second-order valence-electron chi connectivity index (χ2n) is 8.89. The van der Waals surface area contributed by atoms with Gasteiger partial charge in [-0.25, -0.2) is 4.68 Å². The SMILES string of the molecule is Cc1cc(C)n(-c2cccc(CN3CCCC(CO)(CCOc4ccccc4)C3)c2)n1. The number of hydrogen-bond donors (Lipinski definition) is 1. The van der Waals surface area contributed by atoms with E-state index < -0.39 is 0 Å². The van der Waals surface area contributed by atoms with E-state index in [1.165, 1.54) is 5.56 Å². The molecule has 4 rings (SSSR count). The van der Waals surface area contributed by atoms with Crippen molar-refractivity contribution < 1.29 is 9.84 Å². The minimum Gasteiger partial charge on any atom is -0.494 e. The largest absolute Gasteiger partial charge is 0.494 e. The summed E-state index contributed by atoms with van der Waals surface area (Å²) in [5.74, 6) is 0.893. The van der Waals surface area contributed by atoms with E-state index in [1.54, 1.807) is 0 Å². The Morgan fingerprint density at radius 2 is 1.90 bits per heavy atom. The van der Waals surface area contributed by atoms with Gasteiger partial charge in [0.2, 0.25) is 0 Å². The quantitative estimate of drug-likeness (QED) is 0.583. The molecule has 1 fully saturated rings. The Hall–Kier alpha value is -2.63. The number of aliphatic hydroxyl groups excluding tert-OH is 1. The monoisotopic (exact) mass is 419 g/mol. The Balaban J connectivity index is 1.40. The summed E-state index contributed by atoms with van der Waals surface area (Å²) in [6, 6.07) is 20.7. The highest BCUT2D eigenvalue weighted by atomic mass is 16.5. The van der Waals surface area contributed by atoms with Crippen LogP contribution >= 0.6 is 0 Å². The van der Waals surface area contributed by atoms with Crippen molar-refractivity contribution in [3.05, 3.63) is 77.6 Å². The molecule has 0 bridgehead atoms. The van der Waals surface area contributed by atoms with Crippen LogP contribution in [0.5, 0.6) is 5.75 Å². The van der Waals surface area contributed by atoms with Gasteiger partial charge in [0.25, 0.3) is 0 Å². The zero-order chi connectivity index (χ0) is 21.7. The molecule has 0 spiro atoms. The fourth-order valence-electron chi connectivity index (χ4n) is 4.69. The fraction of sp³-hybridized carbons (Fsp3) is 0.423. The summed E-state index contributed by atoms with van der Waals surface area (Å²) in [6.45, 7) is 7.78. The lowest BCUT2D eigenvalue weighted by atomic mass is 9.78. The highest BCUT2D eigenvalue weighted by Gasteiger charge is 2.34. The Morgan fingerprint density at radius 3 is 2.65 bits per heavy atom. The van der Waals surface area contributed by atoms with E-state index in [1.807, 2.05) is 41.9 Å². The van der Waals surface area contributed by atoms with Gasteiger partial charge in [0.05, 0.1) is 24.6 Å². The van der Waals surface area contributed by atoms with E-state index in [0.717, 1.165) is 61.7 Å². The second kappa shape index (κ2) is 9.67. The molecule has 5 nitrogen and oxygen atoms in total. The molecule has 164 valence electrons. The lowest BCUT2D eigenvalue weighted by Crippen LogP contribution is -2.45. The lowest BCUT2D eigenvalue weighted by Gasteiger charge is -2.42. The van der Waals surface area contributed by atoms with Crippen LogP contribution in [-0.4, -0.2) is 46.1 Å². The molecule has 0 radical (unpaired) electrons. The average molecular weight is 420 g/mol. The summed E-state index contributed by atoms with van der Waals surface area (Å²) in [5.41, 5.74) is 4.46. The van der Waals surface area contributed by atoms with Gasteiger partial charge in [0.15, 0.2) is 0 Å². The summed E-state index contributed by atoms with van der Waals surface area (Å²) < 4.78 is 7.94. The lowest BCUT2D eigenvalue weighted by molar-refractivity contribution is 0.0128. The molecule has 1 aliphatic heterocycles. The highest BCUT2D eigenvalue weighted by Crippen LogP contribution is 2.34. The van der Waals surface area contributed by atoms with Gasteiger partial charge >= 0.3 is 0 Å². The van der Waals surface area contributed by atoms with Gasteiger partial charge in [-0.1, -0.05) is 30.3 Å². The molecular formula is C26H33N3O2. The van der Waals surface area contributed by atoms with Crippen molar-refractivity contribution in [3.63, 3.8) is 0 Å². The summed E-state index contributed by atoms with van der Waals surface area (Å²) in [4.78, 5) is 2.47. The molecule has 2 aromatic carbocycles. The van der Waals surface area contributed by atoms with Crippen LogP contribution in [0, 0.1) is 19.3 Å². The standard InChI is InChI=1S/C26H33N3O2/c1-21-16-22(2)29(27-21)24-9-6-8-23(17-24)18-28-14-7-12-26(19-28,20-30)13-15-31-25-10-4-3-5-11-25/h3-6,8-11,16-17,30H,7,12-15,18-20H2,1-2H3. The van der Waals surface area contributed by atoms with Gasteiger partial charge in [0, 0.05) is 24.2 Å². The topological polar surface area (TPSA) is 50.5 Å². The summed E-state index contributed by atoms with van der Waals surface area (Å²) in [7, 11) is 0. The molecule has 1 N–H and O–H groups in total. The molecule has 3 aromatic rings. The van der Waals surface area contributed by atoms with E-state index >= 15 is 0 Å². The minimum atomic E-state index is -0.0969. The number of piperidine rings is 1. The third-order valence-electron chi connectivity index (χ3n) is 6.29. The molecule has 0 amide bonds. The van der Waals surface area contributed by atoms with Crippen LogP contribution in [0.3, 0.4) is 0 Å². The van der Waals surface area contributed by atoms with E-state index in [-0.39, 0.29) is 12.0 Å². The normalized spacial score (nSPS) is 19.5. The number of likely N-dealkylation sites (tertiary alicyclic amines) is 1. The molecule has 0 saturated carbocycles. The second-order valence-corrected chi connectivity index (χ2v) is 8.89. The van der Waals surface area contributed by atoms with Crippen molar-refractivity contribution >= 4 is 0 Å². The Bertz CT molecular complexity index is 985. The van der Waals surface area contributed by atoms with Crippen LogP contribution in [0.25, 0.3) is 5.69 Å². The zero-order valence-electron chi connectivity index (χ0n) is 18.6. The smallest absolute Gasteiger partial charge is 0.119 e. The van der Waals surface area contributed by atoms with E-state index in [4.69, 9.17) is 4.74 Å². The van der Waals surface area contributed by atoms with Crippen molar-refractivity contribution in [2.24, 2.45) is 5.41 Å². The van der Waals surface area contributed by atoms with E-state index in [9.17, 15) is 5.11 Å². The number of rotatable bonds is 8. The molecule has 1 aromatic heterocycles. The fourth-order valence-corrected chi connectivity index (χ4v) is 4.69. The summed E-state index contributed by atoms with van der Waals surface area (Å²) in [6.07, 6.45) is 3.01. The minimum absolute atomic E-state index is 0.0969. The van der Waals surface area contributed by atoms with Crippen LogP contribution in [0.2, 0.25) is 0 Å².